The zero-order chi connectivity index (χ0) is 21.0. The van der Waals surface area contributed by atoms with Crippen molar-refractivity contribution in [3.63, 3.8) is 0 Å². The van der Waals surface area contributed by atoms with Crippen LogP contribution in [-0.2, 0) is 0 Å². The molecule has 3 aromatic rings. The van der Waals surface area contributed by atoms with Crippen molar-refractivity contribution in [1.82, 2.24) is 0 Å². The Morgan fingerprint density at radius 1 is 1.00 bits per heavy atom. The van der Waals surface area contributed by atoms with E-state index >= 15 is 0 Å². The number of carbonyl (C=O) groups is 2. The van der Waals surface area contributed by atoms with Gasteiger partial charge in [0, 0.05) is 22.2 Å². The van der Waals surface area contributed by atoms with Crippen LogP contribution >= 0.6 is 15.9 Å². The molecule has 0 unspecified atom stereocenters. The first-order valence-electron chi connectivity index (χ1n) is 8.20. The molecule has 0 saturated carbocycles. The number of non-ortho nitro benzene ring substituents is 1. The minimum absolute atomic E-state index is 0.0500. The van der Waals surface area contributed by atoms with Crippen molar-refractivity contribution in [2.75, 3.05) is 5.32 Å². The summed E-state index contributed by atoms with van der Waals surface area (Å²) in [5.74, 6) is -0.962. The van der Waals surface area contributed by atoms with Crippen LogP contribution in [0.3, 0.4) is 0 Å². The number of nitro benzene ring substituents is 1. The Morgan fingerprint density at radius 2 is 1.72 bits per heavy atom. The third kappa shape index (κ3) is 4.96. The first kappa shape index (κ1) is 20.0. The fourth-order valence-corrected chi connectivity index (χ4v) is 2.83. The summed E-state index contributed by atoms with van der Waals surface area (Å²) in [5, 5.41) is 22.6. The summed E-state index contributed by atoms with van der Waals surface area (Å²) < 4.78 is 6.20. The van der Waals surface area contributed by atoms with Crippen LogP contribution in [0.1, 0.15) is 20.7 Å². The molecule has 0 fully saturated rings. The average Bonchev–Trinajstić information content (AvgIpc) is 2.69. The van der Waals surface area contributed by atoms with E-state index < -0.39 is 16.8 Å². The molecule has 0 aromatic heterocycles. The molecule has 29 heavy (non-hydrogen) atoms. The van der Waals surface area contributed by atoms with E-state index in [0.29, 0.717) is 16.0 Å². The van der Waals surface area contributed by atoms with Crippen molar-refractivity contribution in [2.24, 2.45) is 0 Å². The lowest BCUT2D eigenvalue weighted by Gasteiger charge is -2.10. The van der Waals surface area contributed by atoms with Crippen molar-refractivity contribution < 1.29 is 24.4 Å². The van der Waals surface area contributed by atoms with Crippen LogP contribution in [0.15, 0.2) is 71.2 Å². The third-order valence-corrected chi connectivity index (χ3v) is 4.33. The molecule has 3 aromatic carbocycles. The Balaban J connectivity index is 1.78. The van der Waals surface area contributed by atoms with Gasteiger partial charge in [-0.1, -0.05) is 22.0 Å². The third-order valence-electron chi connectivity index (χ3n) is 3.84. The lowest BCUT2D eigenvalue weighted by atomic mass is 10.1. The normalized spacial score (nSPS) is 10.2. The Bertz CT molecular complexity index is 1100. The molecule has 0 bridgehead atoms. The fourth-order valence-electron chi connectivity index (χ4n) is 2.47. The number of halogens is 1. The summed E-state index contributed by atoms with van der Waals surface area (Å²) in [7, 11) is 0. The van der Waals surface area contributed by atoms with Crippen LogP contribution in [-0.4, -0.2) is 21.9 Å². The average molecular weight is 457 g/mol. The van der Waals surface area contributed by atoms with E-state index in [0.717, 1.165) is 0 Å². The van der Waals surface area contributed by atoms with Gasteiger partial charge >= 0.3 is 5.97 Å². The molecular weight excluding hydrogens is 444 g/mol. The van der Waals surface area contributed by atoms with Crippen molar-refractivity contribution in [3.8, 4) is 11.5 Å². The van der Waals surface area contributed by atoms with Gasteiger partial charge in [-0.2, -0.15) is 0 Å². The number of aromatic carboxylic acids is 1. The zero-order valence-electron chi connectivity index (χ0n) is 14.7. The topological polar surface area (TPSA) is 119 Å². The second kappa shape index (κ2) is 8.53. The van der Waals surface area contributed by atoms with Gasteiger partial charge in [-0.15, -0.1) is 0 Å². The van der Waals surface area contributed by atoms with Crippen molar-refractivity contribution in [1.29, 1.82) is 0 Å². The van der Waals surface area contributed by atoms with Gasteiger partial charge in [-0.25, -0.2) is 4.79 Å². The molecule has 0 atom stereocenters. The van der Waals surface area contributed by atoms with Gasteiger partial charge in [0.1, 0.15) is 11.5 Å². The Kier molecular flexibility index (Phi) is 5.89. The molecule has 3 rings (SSSR count). The van der Waals surface area contributed by atoms with Crippen LogP contribution < -0.4 is 10.1 Å². The number of ether oxygens (including phenoxy) is 1. The Morgan fingerprint density at radius 3 is 2.38 bits per heavy atom. The summed E-state index contributed by atoms with van der Waals surface area (Å²) in [4.78, 5) is 34.1. The van der Waals surface area contributed by atoms with Crippen LogP contribution in [0.2, 0.25) is 0 Å². The number of nitrogens with zero attached hydrogens (tertiary/aromatic N) is 1. The van der Waals surface area contributed by atoms with E-state index in [4.69, 9.17) is 4.74 Å². The predicted octanol–water partition coefficient (Wildman–Crippen LogP) is 5.10. The standard InChI is InChI=1S/C20H13BrN2O6/c21-13-4-9-18(17(11-13)20(25)26)22-19(24)12-2-1-3-16(10-12)29-15-7-5-14(6-8-15)23(27)28/h1-11H,(H,22,24)(H,25,26). The highest BCUT2D eigenvalue weighted by molar-refractivity contribution is 9.10. The minimum atomic E-state index is -1.17. The first-order valence-corrected chi connectivity index (χ1v) is 8.99. The maximum Gasteiger partial charge on any atom is 0.337 e. The first-order chi connectivity index (χ1) is 13.8. The highest BCUT2D eigenvalue weighted by Gasteiger charge is 2.15. The lowest BCUT2D eigenvalue weighted by Crippen LogP contribution is -2.14. The molecule has 0 aliphatic rings. The number of carboxylic acid groups (broad SMARTS) is 1. The van der Waals surface area contributed by atoms with Crippen molar-refractivity contribution in [3.05, 3.63) is 92.4 Å². The SMILES string of the molecule is O=C(Nc1ccc(Br)cc1C(=O)O)c1cccc(Oc2ccc([N+](=O)[O-])cc2)c1. The van der Waals surface area contributed by atoms with Gasteiger partial charge < -0.3 is 15.2 Å². The summed E-state index contributed by atoms with van der Waals surface area (Å²) in [6, 6.07) is 16.3. The number of carboxylic acids is 1. The summed E-state index contributed by atoms with van der Waals surface area (Å²) in [6.45, 7) is 0. The van der Waals surface area contributed by atoms with Crippen LogP contribution in [0.5, 0.6) is 11.5 Å². The van der Waals surface area contributed by atoms with Gasteiger partial charge in [-0.05, 0) is 48.5 Å². The van der Waals surface area contributed by atoms with Gasteiger partial charge in [-0.3, -0.25) is 14.9 Å². The molecule has 0 saturated heterocycles. The molecule has 1 amide bonds. The maximum atomic E-state index is 12.6. The second-order valence-corrected chi connectivity index (χ2v) is 6.75. The van der Waals surface area contributed by atoms with E-state index in [-0.39, 0.29) is 22.5 Å². The van der Waals surface area contributed by atoms with Crippen LogP contribution in [0, 0.1) is 10.1 Å². The highest BCUT2D eigenvalue weighted by Crippen LogP contribution is 2.26. The number of hydrogen-bond donors (Lipinski definition) is 2. The van der Waals surface area contributed by atoms with Crippen LogP contribution in [0.25, 0.3) is 0 Å². The van der Waals surface area contributed by atoms with Gasteiger partial charge in [0.2, 0.25) is 0 Å². The Hall–Kier alpha value is -3.72. The molecule has 0 aliphatic heterocycles. The maximum absolute atomic E-state index is 12.6. The van der Waals surface area contributed by atoms with E-state index in [1.807, 2.05) is 0 Å². The second-order valence-electron chi connectivity index (χ2n) is 5.83. The minimum Gasteiger partial charge on any atom is -0.478 e. The predicted molar refractivity (Wildman–Crippen MR) is 109 cm³/mol. The molecule has 146 valence electrons. The number of carbonyl (C=O) groups excluding carboxylic acids is 1. The number of benzene rings is 3. The van der Waals surface area contributed by atoms with E-state index in [1.165, 1.54) is 42.5 Å². The molecule has 2 N–H and O–H groups in total. The van der Waals surface area contributed by atoms with Gasteiger partial charge in [0.25, 0.3) is 11.6 Å². The number of hydrogen-bond acceptors (Lipinski definition) is 5. The molecule has 8 nitrogen and oxygen atoms in total. The lowest BCUT2D eigenvalue weighted by molar-refractivity contribution is -0.384. The molecule has 0 heterocycles. The highest BCUT2D eigenvalue weighted by atomic mass is 79.9. The largest absolute Gasteiger partial charge is 0.478 e. The number of rotatable bonds is 6. The summed E-state index contributed by atoms with van der Waals surface area (Å²) in [5.41, 5.74) is 0.302. The number of nitro groups is 1. The number of nitrogens with one attached hydrogen (secondary N) is 1. The number of anilines is 1. The monoisotopic (exact) mass is 456 g/mol. The molecule has 0 radical (unpaired) electrons. The van der Waals surface area contributed by atoms with Gasteiger partial charge in [0.05, 0.1) is 16.2 Å². The van der Waals surface area contributed by atoms with Crippen LogP contribution in [0.4, 0.5) is 11.4 Å². The smallest absolute Gasteiger partial charge is 0.337 e. The van der Waals surface area contributed by atoms with Gasteiger partial charge in [0.15, 0.2) is 0 Å². The van der Waals surface area contributed by atoms with Crippen molar-refractivity contribution in [2.45, 2.75) is 0 Å². The molecule has 0 spiro atoms. The molecule has 9 heteroatoms. The number of amides is 1. The summed E-state index contributed by atoms with van der Waals surface area (Å²) in [6.07, 6.45) is 0. The van der Waals surface area contributed by atoms with E-state index in [9.17, 15) is 24.8 Å². The van der Waals surface area contributed by atoms with E-state index in [2.05, 4.69) is 21.2 Å². The zero-order valence-corrected chi connectivity index (χ0v) is 16.3. The summed E-state index contributed by atoms with van der Waals surface area (Å²) >= 11 is 3.20. The quantitative estimate of drug-likeness (QED) is 0.393. The van der Waals surface area contributed by atoms with E-state index in [1.54, 1.807) is 24.3 Å². The molecule has 0 aliphatic carbocycles. The fraction of sp³-hybridized carbons (Fsp3) is 0. The molecular formula is C20H13BrN2O6. The van der Waals surface area contributed by atoms with Crippen molar-refractivity contribution >= 4 is 39.2 Å². The Labute approximate surface area is 173 Å².